The van der Waals surface area contributed by atoms with Gasteiger partial charge in [-0.25, -0.2) is 13.8 Å². The van der Waals surface area contributed by atoms with Crippen molar-refractivity contribution in [3.05, 3.63) is 130 Å². The molecule has 1 amide bonds. The van der Waals surface area contributed by atoms with Gasteiger partial charge in [-0.05, 0) is 59.5 Å². The lowest BCUT2D eigenvalue weighted by molar-refractivity contribution is -0.121. The van der Waals surface area contributed by atoms with Gasteiger partial charge in [0.15, 0.2) is 0 Å². The molecular weight excluding hydrogens is 578 g/mol. The highest BCUT2D eigenvalue weighted by molar-refractivity contribution is 9.10. The molecule has 0 saturated carbocycles. The van der Waals surface area contributed by atoms with Crippen LogP contribution in [0, 0.1) is 0 Å². The standard InChI is InChI=1S/C30H28BrN3O4S/c31-27-14-16-29(17-15-27)39(36,37)34(19-18-24-8-3-1-4-9-24)22-30(35)33-32-21-26-12-7-13-28(20-26)38-23-25-10-5-2-6-11-25/h1-17,20-21H,18-19,22-23H2,(H,33,35)/b32-21-. The predicted molar refractivity (Wildman–Crippen MR) is 156 cm³/mol. The monoisotopic (exact) mass is 605 g/mol. The van der Waals surface area contributed by atoms with Crippen LogP contribution in [0.2, 0.25) is 0 Å². The SMILES string of the molecule is O=C(CN(CCc1ccccc1)S(=O)(=O)c1ccc(Br)cc1)N/N=C\c1cccc(OCc2ccccc2)c1. The summed E-state index contributed by atoms with van der Waals surface area (Å²) in [5.41, 5.74) is 5.20. The summed E-state index contributed by atoms with van der Waals surface area (Å²) in [5.74, 6) is 0.123. The quantitative estimate of drug-likeness (QED) is 0.173. The summed E-state index contributed by atoms with van der Waals surface area (Å²) in [4.78, 5) is 12.9. The van der Waals surface area contributed by atoms with Gasteiger partial charge in [-0.2, -0.15) is 9.41 Å². The van der Waals surface area contributed by atoms with Crippen LogP contribution in [-0.2, 0) is 27.8 Å². The Morgan fingerprint density at radius 1 is 0.872 bits per heavy atom. The molecule has 0 aliphatic heterocycles. The summed E-state index contributed by atoms with van der Waals surface area (Å²) in [6, 6.07) is 33.0. The molecule has 0 atom stereocenters. The minimum Gasteiger partial charge on any atom is -0.489 e. The van der Waals surface area contributed by atoms with E-state index >= 15 is 0 Å². The Morgan fingerprint density at radius 3 is 2.23 bits per heavy atom. The van der Waals surface area contributed by atoms with Crippen molar-refractivity contribution < 1.29 is 17.9 Å². The van der Waals surface area contributed by atoms with Gasteiger partial charge in [0.2, 0.25) is 10.0 Å². The second-order valence-corrected chi connectivity index (χ2v) is 11.5. The van der Waals surface area contributed by atoms with E-state index in [2.05, 4.69) is 26.5 Å². The van der Waals surface area contributed by atoms with Crippen LogP contribution >= 0.6 is 15.9 Å². The lowest BCUT2D eigenvalue weighted by atomic mass is 10.1. The lowest BCUT2D eigenvalue weighted by Gasteiger charge is -2.21. The minimum absolute atomic E-state index is 0.113. The number of hydrazone groups is 1. The molecule has 0 aliphatic rings. The van der Waals surface area contributed by atoms with E-state index in [0.29, 0.717) is 18.8 Å². The second kappa shape index (κ2) is 13.8. The van der Waals surface area contributed by atoms with Crippen LogP contribution in [0.1, 0.15) is 16.7 Å². The third kappa shape index (κ3) is 8.61. The fraction of sp³-hybridized carbons (Fsp3) is 0.133. The molecule has 0 fully saturated rings. The topological polar surface area (TPSA) is 88.1 Å². The van der Waals surface area contributed by atoms with E-state index in [4.69, 9.17) is 4.74 Å². The van der Waals surface area contributed by atoms with Gasteiger partial charge in [-0.3, -0.25) is 4.79 Å². The lowest BCUT2D eigenvalue weighted by Crippen LogP contribution is -2.40. The van der Waals surface area contributed by atoms with Crippen LogP contribution in [0.5, 0.6) is 5.75 Å². The van der Waals surface area contributed by atoms with Gasteiger partial charge in [0, 0.05) is 11.0 Å². The van der Waals surface area contributed by atoms with Crippen molar-refractivity contribution in [1.29, 1.82) is 0 Å². The summed E-state index contributed by atoms with van der Waals surface area (Å²) in [6.07, 6.45) is 1.95. The first-order valence-corrected chi connectivity index (χ1v) is 14.5. The Balaban J connectivity index is 1.39. The Hall–Kier alpha value is -3.79. The van der Waals surface area contributed by atoms with Crippen molar-refractivity contribution in [3.63, 3.8) is 0 Å². The average molecular weight is 607 g/mol. The largest absolute Gasteiger partial charge is 0.489 e. The zero-order chi connectivity index (χ0) is 27.5. The molecule has 0 unspecified atom stereocenters. The smallest absolute Gasteiger partial charge is 0.255 e. The molecule has 200 valence electrons. The fourth-order valence-electron chi connectivity index (χ4n) is 3.74. The molecule has 39 heavy (non-hydrogen) atoms. The Kier molecular flexibility index (Phi) is 10.0. The zero-order valence-corrected chi connectivity index (χ0v) is 23.5. The Bertz CT molecular complexity index is 1500. The Morgan fingerprint density at radius 2 is 1.54 bits per heavy atom. The summed E-state index contributed by atoms with van der Waals surface area (Å²) < 4.78 is 34.5. The van der Waals surface area contributed by atoms with Gasteiger partial charge in [-0.1, -0.05) is 88.7 Å². The number of sulfonamides is 1. The maximum absolute atomic E-state index is 13.4. The molecule has 4 aromatic rings. The van der Waals surface area contributed by atoms with E-state index < -0.39 is 15.9 Å². The van der Waals surface area contributed by atoms with Crippen molar-refractivity contribution in [1.82, 2.24) is 9.73 Å². The highest BCUT2D eigenvalue weighted by Crippen LogP contribution is 2.19. The van der Waals surface area contributed by atoms with Crippen LogP contribution in [0.3, 0.4) is 0 Å². The molecule has 9 heteroatoms. The molecule has 0 aromatic heterocycles. The van der Waals surface area contributed by atoms with Crippen LogP contribution < -0.4 is 10.2 Å². The normalized spacial score (nSPS) is 11.5. The van der Waals surface area contributed by atoms with Gasteiger partial charge < -0.3 is 4.74 Å². The summed E-state index contributed by atoms with van der Waals surface area (Å²) >= 11 is 3.33. The predicted octanol–water partition coefficient (Wildman–Crippen LogP) is 5.41. The van der Waals surface area contributed by atoms with E-state index in [0.717, 1.165) is 21.2 Å². The van der Waals surface area contributed by atoms with Crippen molar-refractivity contribution in [2.24, 2.45) is 5.10 Å². The van der Waals surface area contributed by atoms with Crippen LogP contribution in [0.4, 0.5) is 0 Å². The van der Waals surface area contributed by atoms with Gasteiger partial charge in [-0.15, -0.1) is 0 Å². The Labute approximate surface area is 237 Å². The van der Waals surface area contributed by atoms with E-state index in [9.17, 15) is 13.2 Å². The number of ether oxygens (including phenoxy) is 1. The van der Waals surface area contributed by atoms with Gasteiger partial charge >= 0.3 is 0 Å². The molecule has 1 N–H and O–H groups in total. The highest BCUT2D eigenvalue weighted by Gasteiger charge is 2.26. The first-order valence-electron chi connectivity index (χ1n) is 12.3. The number of carbonyl (C=O) groups is 1. The van der Waals surface area contributed by atoms with Crippen molar-refractivity contribution in [2.75, 3.05) is 13.1 Å². The third-order valence-corrected chi connectivity index (χ3v) is 8.16. The van der Waals surface area contributed by atoms with E-state index in [1.807, 2.05) is 84.9 Å². The van der Waals surface area contributed by atoms with Crippen LogP contribution in [0.15, 0.2) is 124 Å². The van der Waals surface area contributed by atoms with Gasteiger partial charge in [0.25, 0.3) is 5.91 Å². The maximum atomic E-state index is 13.4. The molecule has 4 rings (SSSR count). The fourth-order valence-corrected chi connectivity index (χ4v) is 5.40. The van der Waals surface area contributed by atoms with Crippen molar-refractivity contribution >= 4 is 38.1 Å². The number of nitrogens with zero attached hydrogens (tertiary/aromatic N) is 2. The number of amides is 1. The van der Waals surface area contributed by atoms with Crippen LogP contribution in [0.25, 0.3) is 0 Å². The second-order valence-electron chi connectivity index (χ2n) is 8.67. The first-order chi connectivity index (χ1) is 18.9. The molecule has 4 aromatic carbocycles. The zero-order valence-electron chi connectivity index (χ0n) is 21.1. The molecular formula is C30H28BrN3O4S. The molecule has 7 nitrogen and oxygen atoms in total. The minimum atomic E-state index is -3.91. The van der Waals surface area contributed by atoms with E-state index in [-0.39, 0.29) is 18.0 Å². The number of benzene rings is 4. The molecule has 0 spiro atoms. The third-order valence-electron chi connectivity index (χ3n) is 5.77. The number of rotatable bonds is 12. The van der Waals surface area contributed by atoms with Gasteiger partial charge in [0.05, 0.1) is 17.7 Å². The number of hydrogen-bond donors (Lipinski definition) is 1. The van der Waals surface area contributed by atoms with Gasteiger partial charge in [0.1, 0.15) is 12.4 Å². The highest BCUT2D eigenvalue weighted by atomic mass is 79.9. The summed E-state index contributed by atoms with van der Waals surface area (Å²) in [7, 11) is -3.91. The summed E-state index contributed by atoms with van der Waals surface area (Å²) in [6.45, 7) is 0.201. The van der Waals surface area contributed by atoms with E-state index in [1.54, 1.807) is 12.1 Å². The first kappa shape index (κ1) is 28.2. The average Bonchev–Trinajstić information content (AvgIpc) is 2.95. The summed E-state index contributed by atoms with van der Waals surface area (Å²) in [5, 5.41) is 4.03. The number of carbonyl (C=O) groups excluding carboxylic acids is 1. The molecule has 0 heterocycles. The molecule has 0 aliphatic carbocycles. The van der Waals surface area contributed by atoms with Crippen molar-refractivity contribution in [3.8, 4) is 5.75 Å². The number of nitrogens with one attached hydrogen (secondary N) is 1. The maximum Gasteiger partial charge on any atom is 0.255 e. The number of halogens is 1. The molecule has 0 radical (unpaired) electrons. The van der Waals surface area contributed by atoms with E-state index in [1.165, 1.54) is 22.7 Å². The molecule has 0 bridgehead atoms. The van der Waals surface area contributed by atoms with Crippen LogP contribution in [-0.4, -0.2) is 37.9 Å². The molecule has 0 saturated heterocycles. The number of hydrogen-bond acceptors (Lipinski definition) is 5. The van der Waals surface area contributed by atoms with Crippen molar-refractivity contribution in [2.45, 2.75) is 17.9 Å².